The van der Waals surface area contributed by atoms with Crippen LogP contribution in [0.25, 0.3) is 0 Å². The third-order valence-electron chi connectivity index (χ3n) is 16.3. The summed E-state index contributed by atoms with van der Waals surface area (Å²) in [5, 5.41) is 0. The van der Waals surface area contributed by atoms with Gasteiger partial charge in [-0.25, -0.2) is 4.57 Å². The smallest absolute Gasteiger partial charge is 0.462 e. The van der Waals surface area contributed by atoms with Gasteiger partial charge in [0, 0.05) is 12.8 Å². The Bertz CT molecular complexity index is 2450. The van der Waals surface area contributed by atoms with E-state index in [2.05, 4.69) is 220 Å². The molecule has 0 aliphatic carbocycles. The minimum absolute atomic E-state index is 0.0212. The topological polar surface area (TPSA) is 108 Å². The molecule has 100 heavy (non-hydrogen) atoms. The number of nitrogens with zero attached hydrogens (tertiary/aromatic N) is 1. The molecule has 0 spiro atoms. The van der Waals surface area contributed by atoms with Gasteiger partial charge in [-0.2, -0.15) is 0 Å². The van der Waals surface area contributed by atoms with Crippen molar-refractivity contribution in [2.45, 2.75) is 302 Å². The van der Waals surface area contributed by atoms with Crippen molar-refractivity contribution in [1.82, 2.24) is 0 Å². The SMILES string of the molecule is CC/C=C\C/C=C\C/C=C\C/C=C\C/C=C\C/C=C\C/C=C\C/C=C\C/C=C\CCCCCCCCCCCC(=O)OC(COC(=O)CCCCCCCCCCCCCCCC/C=C\C/C=C\C/C=C\C/C=C\C/C=C\C/C=C\C/C=C\C/C=C\CC)COP(=O)(O)OCC[N+](C)(C)C. The van der Waals surface area contributed by atoms with Crippen LogP contribution in [-0.4, -0.2) is 74.9 Å². The van der Waals surface area contributed by atoms with Crippen LogP contribution in [0.1, 0.15) is 296 Å². The van der Waals surface area contributed by atoms with E-state index in [1.165, 1.54) is 109 Å². The molecule has 0 bridgehead atoms. The molecule has 1 N–H and O–H groups in total. The van der Waals surface area contributed by atoms with Crippen LogP contribution in [0, 0.1) is 0 Å². The highest BCUT2D eigenvalue weighted by atomic mass is 31.2. The van der Waals surface area contributed by atoms with E-state index in [1.54, 1.807) is 0 Å². The third kappa shape index (κ3) is 81.6. The lowest BCUT2D eigenvalue weighted by Gasteiger charge is -2.24. The molecular weight excluding hydrogens is 1250 g/mol. The molecule has 10 heteroatoms. The lowest BCUT2D eigenvalue weighted by Crippen LogP contribution is -2.37. The molecule has 0 aromatic heterocycles. The summed E-state index contributed by atoms with van der Waals surface area (Å²) >= 11 is 0. The second-order valence-corrected chi connectivity index (χ2v) is 28.4. The number of rotatable bonds is 71. The van der Waals surface area contributed by atoms with Crippen molar-refractivity contribution in [2.24, 2.45) is 0 Å². The number of phosphoric ester groups is 1. The van der Waals surface area contributed by atoms with Crippen LogP contribution in [0.4, 0.5) is 0 Å². The number of carbonyl (C=O) groups excluding carboxylic acids is 2. The zero-order chi connectivity index (χ0) is 72.5. The van der Waals surface area contributed by atoms with Crippen molar-refractivity contribution in [3.8, 4) is 0 Å². The molecule has 0 aliphatic heterocycles. The Balaban J connectivity index is 4.07. The van der Waals surface area contributed by atoms with Gasteiger partial charge in [0.2, 0.25) is 0 Å². The molecule has 0 aromatic rings. The standard InChI is InChI=1S/C90H146NO8P/c1-6-8-10-12-14-16-18-20-22-24-26-28-30-32-34-36-38-40-42-44-45-47-48-50-52-54-56-58-60-62-64-66-68-70-72-74-76-78-80-82-89(92)96-86-88(87-98-100(94,95)97-85-84-91(3,4)5)99-90(93)83-81-79-77-75-73-71-69-67-65-63-61-59-57-55-53-51-49-46-43-41-39-37-35-33-31-29-27-25-23-21-19-17-15-13-11-9-7-2/h8-11,14-17,20-23,26-29,32-35,38-41,44-46,48-50,53,55,59,61,88H,6-7,12-13,18-19,24-25,30-31,36-37,42-43,47,51-52,54,56-58,60,62-87H2,1-5H3/p+1/b10-8-,11-9-,16-14-,17-15-,22-20-,23-21-,28-26-,29-27-,34-32-,35-33-,40-38-,41-39-,45-44-,49-46-,50-48-,55-53-,61-59-. The van der Waals surface area contributed by atoms with Gasteiger partial charge in [-0.3, -0.25) is 18.6 Å². The van der Waals surface area contributed by atoms with Gasteiger partial charge >= 0.3 is 19.8 Å². The van der Waals surface area contributed by atoms with Gasteiger partial charge in [0.05, 0.1) is 27.7 Å². The van der Waals surface area contributed by atoms with Gasteiger partial charge in [-0.15, -0.1) is 0 Å². The van der Waals surface area contributed by atoms with Crippen molar-refractivity contribution < 1.29 is 42.1 Å². The molecule has 0 aliphatic rings. The number of ether oxygens (including phenoxy) is 2. The maximum absolute atomic E-state index is 12.9. The first kappa shape index (κ1) is 94.6. The van der Waals surface area contributed by atoms with Crippen LogP contribution in [0.15, 0.2) is 207 Å². The van der Waals surface area contributed by atoms with Crippen LogP contribution >= 0.6 is 7.82 Å². The molecule has 0 aromatic carbocycles. The average molecular weight is 1400 g/mol. The van der Waals surface area contributed by atoms with Crippen molar-refractivity contribution in [3.63, 3.8) is 0 Å². The number of allylic oxidation sites excluding steroid dienone is 34. The Morgan fingerprint density at radius 3 is 0.800 bits per heavy atom. The Hall–Kier alpha value is -5.41. The summed E-state index contributed by atoms with van der Waals surface area (Å²) in [5.74, 6) is -0.812. The molecular formula is C90H147NO8P+. The van der Waals surface area contributed by atoms with Crippen molar-refractivity contribution in [3.05, 3.63) is 207 Å². The summed E-state index contributed by atoms with van der Waals surface area (Å²) in [5.41, 5.74) is 0. The number of esters is 2. The molecule has 2 atom stereocenters. The number of phosphoric acid groups is 1. The summed E-state index contributed by atoms with van der Waals surface area (Å²) in [4.78, 5) is 36.0. The lowest BCUT2D eigenvalue weighted by molar-refractivity contribution is -0.870. The zero-order valence-corrected chi connectivity index (χ0v) is 65.2. The van der Waals surface area contributed by atoms with Gasteiger partial charge in [0.15, 0.2) is 6.10 Å². The minimum atomic E-state index is -4.41. The molecule has 0 fully saturated rings. The first-order chi connectivity index (χ1) is 49.0. The molecule has 0 radical (unpaired) electrons. The molecule has 9 nitrogen and oxygen atoms in total. The van der Waals surface area contributed by atoms with Gasteiger partial charge < -0.3 is 18.9 Å². The Kier molecular flexibility index (Phi) is 73.5. The molecule has 0 saturated heterocycles. The van der Waals surface area contributed by atoms with Crippen molar-refractivity contribution in [2.75, 3.05) is 47.5 Å². The Morgan fingerprint density at radius 1 is 0.310 bits per heavy atom. The van der Waals surface area contributed by atoms with Crippen LogP contribution in [0.2, 0.25) is 0 Å². The zero-order valence-electron chi connectivity index (χ0n) is 64.3. The molecule has 0 amide bonds. The van der Waals surface area contributed by atoms with Gasteiger partial charge in [-0.1, -0.05) is 342 Å². The van der Waals surface area contributed by atoms with E-state index in [0.717, 1.165) is 154 Å². The fourth-order valence-electron chi connectivity index (χ4n) is 10.3. The fourth-order valence-corrected chi connectivity index (χ4v) is 11.1. The molecule has 0 saturated carbocycles. The summed E-state index contributed by atoms with van der Waals surface area (Å²) in [6, 6.07) is 0. The second kappa shape index (κ2) is 77.7. The van der Waals surface area contributed by atoms with Crippen LogP contribution in [-0.2, 0) is 32.7 Å². The number of carbonyl (C=O) groups is 2. The van der Waals surface area contributed by atoms with E-state index in [0.29, 0.717) is 17.4 Å². The van der Waals surface area contributed by atoms with Gasteiger partial charge in [-0.05, 0) is 148 Å². The first-order valence-electron chi connectivity index (χ1n) is 39.8. The predicted molar refractivity (Wildman–Crippen MR) is 435 cm³/mol. The van der Waals surface area contributed by atoms with E-state index in [9.17, 15) is 19.0 Å². The molecule has 2 unspecified atom stereocenters. The average Bonchev–Trinajstić information content (AvgIpc) is 1.02. The van der Waals surface area contributed by atoms with Crippen LogP contribution in [0.5, 0.6) is 0 Å². The van der Waals surface area contributed by atoms with E-state index in [1.807, 2.05) is 21.1 Å². The maximum Gasteiger partial charge on any atom is 0.472 e. The van der Waals surface area contributed by atoms with E-state index in [-0.39, 0.29) is 32.0 Å². The highest BCUT2D eigenvalue weighted by Crippen LogP contribution is 2.43. The number of quaternary nitrogens is 1. The second-order valence-electron chi connectivity index (χ2n) is 27.0. The maximum atomic E-state index is 12.9. The molecule has 0 rings (SSSR count). The van der Waals surface area contributed by atoms with Gasteiger partial charge in [0.25, 0.3) is 0 Å². The predicted octanol–water partition coefficient (Wildman–Crippen LogP) is 26.9. The lowest BCUT2D eigenvalue weighted by atomic mass is 10.0. The fraction of sp³-hybridized carbons (Fsp3) is 0.600. The highest BCUT2D eigenvalue weighted by Gasteiger charge is 2.27. The van der Waals surface area contributed by atoms with Gasteiger partial charge in [0.1, 0.15) is 19.8 Å². The molecule has 0 heterocycles. The first-order valence-corrected chi connectivity index (χ1v) is 41.3. The van der Waals surface area contributed by atoms with E-state index < -0.39 is 26.5 Å². The van der Waals surface area contributed by atoms with Crippen LogP contribution < -0.4 is 0 Å². The number of likely N-dealkylation sites (N-methyl/N-ethyl adjacent to an activating group) is 1. The van der Waals surface area contributed by atoms with Crippen LogP contribution in [0.3, 0.4) is 0 Å². The summed E-state index contributed by atoms with van der Waals surface area (Å²) < 4.78 is 34.8. The summed E-state index contributed by atoms with van der Waals surface area (Å²) in [7, 11) is 1.45. The third-order valence-corrected chi connectivity index (χ3v) is 17.3. The molecule has 564 valence electrons. The minimum Gasteiger partial charge on any atom is -0.462 e. The monoisotopic (exact) mass is 1400 g/mol. The summed E-state index contributed by atoms with van der Waals surface area (Å²) in [6.45, 7) is 4.19. The van der Waals surface area contributed by atoms with E-state index >= 15 is 0 Å². The van der Waals surface area contributed by atoms with E-state index in [4.69, 9.17) is 18.5 Å². The number of hydrogen-bond donors (Lipinski definition) is 1. The Morgan fingerprint density at radius 2 is 0.540 bits per heavy atom. The number of hydrogen-bond acceptors (Lipinski definition) is 7. The normalized spacial score (nSPS) is 14.2. The Labute approximate surface area is 615 Å². The highest BCUT2D eigenvalue weighted by molar-refractivity contribution is 7.47. The summed E-state index contributed by atoms with van der Waals surface area (Å²) in [6.07, 6.45) is 122. The van der Waals surface area contributed by atoms with Crippen molar-refractivity contribution >= 4 is 19.8 Å². The quantitative estimate of drug-likeness (QED) is 0.0211. The largest absolute Gasteiger partial charge is 0.472 e. The number of unbranched alkanes of at least 4 members (excludes halogenated alkanes) is 23. The van der Waals surface area contributed by atoms with Crippen molar-refractivity contribution in [1.29, 1.82) is 0 Å².